The lowest BCUT2D eigenvalue weighted by molar-refractivity contribution is -0.145. The van der Waals surface area contributed by atoms with Gasteiger partial charge in [-0.2, -0.15) is 0 Å². The smallest absolute Gasteiger partial charge is 0.246 e. The normalized spacial score (nSPS) is 21.2. The minimum absolute atomic E-state index is 0.00612. The number of likely N-dealkylation sites (tertiary alicyclic amines) is 1. The number of carbonyl (C=O) groups excluding carboxylic acids is 5. The zero-order valence-electron chi connectivity index (χ0n) is 27.7. The summed E-state index contributed by atoms with van der Waals surface area (Å²) >= 11 is 6.01. The molecule has 1 saturated heterocycles. The van der Waals surface area contributed by atoms with E-state index in [2.05, 4.69) is 10.5 Å². The van der Waals surface area contributed by atoms with Crippen molar-refractivity contribution in [2.24, 2.45) is 21.9 Å². The third-order valence-corrected chi connectivity index (χ3v) is 8.60. The van der Waals surface area contributed by atoms with Crippen LogP contribution in [0.15, 0.2) is 23.4 Å². The molecule has 45 heavy (non-hydrogen) atoms. The first-order chi connectivity index (χ1) is 20.8. The fraction of sp³-hybridized carbons (Fsp3) is 0.647. The van der Waals surface area contributed by atoms with E-state index >= 15 is 0 Å². The molecule has 2 aliphatic heterocycles. The quantitative estimate of drug-likeness (QED) is 0.285. The number of Topliss-reactive ketones (excluding diaryl/α,β-unsaturated/α-hetero) is 3. The fourth-order valence-electron chi connectivity index (χ4n) is 5.98. The fourth-order valence-corrected chi connectivity index (χ4v) is 6.16. The topological polar surface area (TPSA) is 122 Å². The van der Waals surface area contributed by atoms with Crippen LogP contribution in [-0.4, -0.2) is 64.0 Å². The number of carbonyl (C=O) groups is 5. The number of ketones is 3. The van der Waals surface area contributed by atoms with E-state index in [1.165, 1.54) is 23.1 Å². The highest BCUT2D eigenvalue weighted by Gasteiger charge is 2.55. The first-order valence-electron chi connectivity index (χ1n) is 15.7. The number of amides is 2. The maximum absolute atomic E-state index is 14.4. The van der Waals surface area contributed by atoms with Gasteiger partial charge in [0, 0.05) is 43.6 Å². The molecule has 0 aromatic heterocycles. The Balaban J connectivity index is 1.96. The van der Waals surface area contributed by atoms with Crippen molar-refractivity contribution in [2.45, 2.75) is 118 Å². The van der Waals surface area contributed by atoms with Crippen molar-refractivity contribution in [1.82, 2.24) is 10.2 Å². The van der Waals surface area contributed by atoms with Crippen LogP contribution >= 0.6 is 11.6 Å². The molecule has 0 radical (unpaired) electrons. The lowest BCUT2D eigenvalue weighted by atomic mass is 9.84. The van der Waals surface area contributed by atoms with Crippen LogP contribution in [0.3, 0.4) is 0 Å². The lowest BCUT2D eigenvalue weighted by Gasteiger charge is -2.36. The molecule has 9 nitrogen and oxygen atoms in total. The Labute approximate surface area is 270 Å². The molecule has 248 valence electrons. The molecular weight excluding hydrogens is 601 g/mol. The van der Waals surface area contributed by atoms with Gasteiger partial charge in [0.25, 0.3) is 0 Å². The summed E-state index contributed by atoms with van der Waals surface area (Å²) in [5, 5.41) is 7.10. The summed E-state index contributed by atoms with van der Waals surface area (Å²) in [5.74, 6) is -3.53. The highest BCUT2D eigenvalue weighted by molar-refractivity contribution is 6.38. The minimum Gasteiger partial charge on any atom is -0.387 e. The van der Waals surface area contributed by atoms with E-state index in [0.717, 1.165) is 0 Å². The molecule has 2 amide bonds. The second kappa shape index (κ2) is 14.1. The van der Waals surface area contributed by atoms with Gasteiger partial charge >= 0.3 is 0 Å². The second-order valence-electron chi connectivity index (χ2n) is 14.7. The highest BCUT2D eigenvalue weighted by atomic mass is 35.5. The van der Waals surface area contributed by atoms with Gasteiger partial charge in [-0.1, -0.05) is 84.6 Å². The van der Waals surface area contributed by atoms with E-state index in [0.29, 0.717) is 24.1 Å². The van der Waals surface area contributed by atoms with Crippen LogP contribution in [0.1, 0.15) is 106 Å². The molecule has 11 heteroatoms. The molecule has 0 bridgehead atoms. The summed E-state index contributed by atoms with van der Waals surface area (Å²) in [4.78, 5) is 74.0. The zero-order valence-corrected chi connectivity index (χ0v) is 28.5. The third-order valence-electron chi connectivity index (χ3n) is 8.31. The van der Waals surface area contributed by atoms with Crippen LogP contribution in [0.5, 0.6) is 0 Å². The molecule has 3 rings (SSSR count). The molecule has 1 aromatic rings. The molecule has 1 aromatic carbocycles. The number of rotatable bonds is 12. The van der Waals surface area contributed by atoms with Crippen molar-refractivity contribution >= 4 is 46.5 Å². The lowest BCUT2D eigenvalue weighted by Crippen LogP contribution is -2.57. The Kier molecular flexibility index (Phi) is 11.4. The Hall–Kier alpha value is -3.14. The molecule has 0 saturated carbocycles. The van der Waals surface area contributed by atoms with Gasteiger partial charge in [-0.15, -0.1) is 0 Å². The summed E-state index contributed by atoms with van der Waals surface area (Å²) in [5.41, 5.74) is -1.02. The van der Waals surface area contributed by atoms with Crippen LogP contribution in [0, 0.1) is 22.6 Å². The van der Waals surface area contributed by atoms with E-state index in [-0.39, 0.29) is 60.8 Å². The van der Waals surface area contributed by atoms with Crippen LogP contribution in [0.2, 0.25) is 5.02 Å². The molecule has 1 spiro atoms. The molecule has 1 N–H and O–H groups in total. The first kappa shape index (κ1) is 36.3. The van der Waals surface area contributed by atoms with Crippen LogP contribution in [0.25, 0.3) is 0 Å². The SMILES string of the molecule is CCC[C@H](CC(=O)[C@@H]1C[C@]2(CC(c3ccc(F)c(Cl)c3)=NO2)CN1C(=O)[C@@H](NC(=O)CC(C)(C)C)C(C)(C)C)C(=O)C(=O)CC. The van der Waals surface area contributed by atoms with Gasteiger partial charge in [-0.3, -0.25) is 24.0 Å². The monoisotopic (exact) mass is 647 g/mol. The first-order valence-corrected chi connectivity index (χ1v) is 16.1. The Morgan fingerprint density at radius 1 is 1.13 bits per heavy atom. The summed E-state index contributed by atoms with van der Waals surface area (Å²) in [6.07, 6.45) is 1.35. The van der Waals surface area contributed by atoms with Gasteiger partial charge in [-0.25, -0.2) is 4.39 Å². The van der Waals surface area contributed by atoms with E-state index < -0.39 is 52.3 Å². The van der Waals surface area contributed by atoms with Gasteiger partial charge in [0.2, 0.25) is 17.6 Å². The predicted octanol–water partition coefficient (Wildman–Crippen LogP) is 5.83. The number of oxime groups is 1. The van der Waals surface area contributed by atoms with Gasteiger partial charge in [0.15, 0.2) is 17.2 Å². The van der Waals surface area contributed by atoms with Crippen molar-refractivity contribution in [3.05, 3.63) is 34.6 Å². The van der Waals surface area contributed by atoms with Crippen molar-refractivity contribution in [3.8, 4) is 0 Å². The van der Waals surface area contributed by atoms with Crippen LogP contribution < -0.4 is 5.32 Å². The molecular formula is C34H47ClFN3O6. The van der Waals surface area contributed by atoms with Crippen molar-refractivity contribution in [3.63, 3.8) is 0 Å². The van der Waals surface area contributed by atoms with Gasteiger partial charge in [0.1, 0.15) is 11.9 Å². The number of nitrogens with zero attached hydrogens (tertiary/aromatic N) is 2. The van der Waals surface area contributed by atoms with E-state index in [1.807, 2.05) is 48.5 Å². The summed E-state index contributed by atoms with van der Waals surface area (Å²) in [6.45, 7) is 14.8. The number of nitrogens with one attached hydrogen (secondary N) is 1. The molecule has 4 atom stereocenters. The average Bonchev–Trinajstić information content (AvgIpc) is 3.53. The molecule has 2 heterocycles. The summed E-state index contributed by atoms with van der Waals surface area (Å²) in [6, 6.07) is 2.29. The number of benzene rings is 1. The average molecular weight is 648 g/mol. The summed E-state index contributed by atoms with van der Waals surface area (Å²) < 4.78 is 13.8. The second-order valence-corrected chi connectivity index (χ2v) is 15.1. The van der Waals surface area contributed by atoms with Crippen LogP contribution in [0.4, 0.5) is 4.39 Å². The van der Waals surface area contributed by atoms with E-state index in [1.54, 1.807) is 6.92 Å². The minimum atomic E-state index is -1.06. The van der Waals surface area contributed by atoms with Crippen LogP contribution in [-0.2, 0) is 28.8 Å². The van der Waals surface area contributed by atoms with Crippen molar-refractivity contribution in [2.75, 3.05) is 6.54 Å². The Bertz CT molecular complexity index is 1360. The molecule has 0 unspecified atom stereocenters. The van der Waals surface area contributed by atoms with Crippen molar-refractivity contribution in [1.29, 1.82) is 0 Å². The standard InChI is InChI=1S/C34H47ClFN3O6/c1-9-11-21(29(43)26(40)10-2)15-27(41)25-17-34(16-24(38-45-34)20-12-13-23(36)22(35)14-20)19-39(25)31(44)30(33(6,7)8)37-28(42)18-32(3,4)5/h12-14,21,25,30H,9-11,15-19H2,1-8H3,(H,37,42)/t21-,25+,30-,34-/m1/s1. The van der Waals surface area contributed by atoms with E-state index in [9.17, 15) is 28.4 Å². The number of halogens is 2. The van der Waals surface area contributed by atoms with Gasteiger partial charge in [0.05, 0.1) is 23.3 Å². The molecule has 1 fully saturated rings. The Morgan fingerprint density at radius 3 is 2.36 bits per heavy atom. The Morgan fingerprint density at radius 2 is 1.80 bits per heavy atom. The van der Waals surface area contributed by atoms with Gasteiger partial charge in [-0.05, 0) is 29.4 Å². The number of hydrogen-bond donors (Lipinski definition) is 1. The molecule has 2 aliphatic rings. The largest absolute Gasteiger partial charge is 0.387 e. The van der Waals surface area contributed by atoms with Gasteiger partial charge < -0.3 is 15.1 Å². The highest BCUT2D eigenvalue weighted by Crippen LogP contribution is 2.41. The van der Waals surface area contributed by atoms with Crippen molar-refractivity contribution < 1.29 is 33.2 Å². The zero-order chi connectivity index (χ0) is 33.9. The third kappa shape index (κ3) is 8.99. The van der Waals surface area contributed by atoms with E-state index in [4.69, 9.17) is 16.4 Å². The maximum atomic E-state index is 14.4. The maximum Gasteiger partial charge on any atom is 0.246 e. The summed E-state index contributed by atoms with van der Waals surface area (Å²) in [7, 11) is 0. The predicted molar refractivity (Wildman–Crippen MR) is 170 cm³/mol. The number of hydrogen-bond acceptors (Lipinski definition) is 7. The molecule has 0 aliphatic carbocycles.